The highest BCUT2D eigenvalue weighted by Gasteiger charge is 2.09. The predicted octanol–water partition coefficient (Wildman–Crippen LogP) is 1.10. The van der Waals surface area contributed by atoms with Crippen LogP contribution in [0.5, 0.6) is 11.5 Å². The van der Waals surface area contributed by atoms with Gasteiger partial charge in [0.15, 0.2) is 18.1 Å². The molecule has 0 aliphatic carbocycles. The molecule has 1 aromatic carbocycles. The first-order valence-corrected chi connectivity index (χ1v) is 4.69. The normalized spacial score (nSPS) is 9.40. The Bertz CT molecular complexity index is 358. The molecule has 0 heterocycles. The van der Waals surface area contributed by atoms with Gasteiger partial charge in [-0.15, -0.1) is 0 Å². The first kappa shape index (κ1) is 11.3. The van der Waals surface area contributed by atoms with Crippen LogP contribution in [0.2, 0.25) is 0 Å². The Labute approximate surface area is 89.2 Å². The molecule has 0 amide bonds. The summed E-state index contributed by atoms with van der Waals surface area (Å²) in [6, 6.07) is 7.52. The van der Waals surface area contributed by atoms with Gasteiger partial charge in [0, 0.05) is 0 Å². The van der Waals surface area contributed by atoms with Crippen molar-refractivity contribution in [2.75, 3.05) is 20.3 Å². The van der Waals surface area contributed by atoms with Crippen molar-refractivity contribution in [1.82, 2.24) is 0 Å². The predicted molar refractivity (Wildman–Crippen MR) is 56.9 cm³/mol. The van der Waals surface area contributed by atoms with Gasteiger partial charge in [0.05, 0.1) is 7.11 Å². The van der Waals surface area contributed by atoms with Crippen molar-refractivity contribution in [3.63, 3.8) is 0 Å². The highest BCUT2D eigenvalue weighted by molar-refractivity contribution is 5.46. The number of nitrogens with zero attached hydrogens (tertiary/aromatic N) is 1. The van der Waals surface area contributed by atoms with E-state index in [0.717, 1.165) is 5.56 Å². The molecule has 0 bridgehead atoms. The van der Waals surface area contributed by atoms with Crippen molar-refractivity contribution in [1.29, 1.82) is 5.26 Å². The van der Waals surface area contributed by atoms with Crippen LogP contribution in [0.15, 0.2) is 18.2 Å². The maximum absolute atomic E-state index is 8.47. The summed E-state index contributed by atoms with van der Waals surface area (Å²) in [6.07, 6.45) is 0.706. The Morgan fingerprint density at radius 2 is 2.27 bits per heavy atom. The molecule has 0 radical (unpaired) electrons. The third-order valence-corrected chi connectivity index (χ3v) is 1.98. The van der Waals surface area contributed by atoms with E-state index in [1.54, 1.807) is 13.2 Å². The van der Waals surface area contributed by atoms with Crippen molar-refractivity contribution < 1.29 is 9.47 Å². The first-order chi connectivity index (χ1) is 7.33. The Kier molecular flexibility index (Phi) is 4.45. The molecule has 15 heavy (non-hydrogen) atoms. The Morgan fingerprint density at radius 1 is 1.47 bits per heavy atom. The van der Waals surface area contributed by atoms with Crippen molar-refractivity contribution in [3.05, 3.63) is 23.8 Å². The minimum absolute atomic E-state index is 0.0118. The maximum atomic E-state index is 8.47. The number of benzene rings is 1. The lowest BCUT2D eigenvalue weighted by Crippen LogP contribution is -2.06. The van der Waals surface area contributed by atoms with Crippen LogP contribution in [0.1, 0.15) is 5.56 Å². The van der Waals surface area contributed by atoms with Crippen molar-refractivity contribution in [3.8, 4) is 17.6 Å². The van der Waals surface area contributed by atoms with Gasteiger partial charge in [-0.05, 0) is 24.6 Å². The Balaban J connectivity index is 2.98. The molecule has 1 aromatic rings. The van der Waals surface area contributed by atoms with Crippen LogP contribution in [0.25, 0.3) is 0 Å². The van der Waals surface area contributed by atoms with E-state index >= 15 is 0 Å². The molecule has 80 valence electrons. The van der Waals surface area contributed by atoms with Crippen molar-refractivity contribution >= 4 is 0 Å². The van der Waals surface area contributed by atoms with E-state index in [0.29, 0.717) is 24.5 Å². The zero-order chi connectivity index (χ0) is 11.1. The second kappa shape index (κ2) is 5.89. The summed E-state index contributed by atoms with van der Waals surface area (Å²) in [4.78, 5) is 0. The zero-order valence-corrected chi connectivity index (χ0v) is 8.69. The number of ether oxygens (including phenoxy) is 2. The van der Waals surface area contributed by atoms with Gasteiger partial charge < -0.3 is 15.2 Å². The molecule has 4 nitrogen and oxygen atoms in total. The molecule has 0 spiro atoms. The third kappa shape index (κ3) is 2.86. The standard InChI is InChI=1S/C11H14N2O2/c1-14-10-4-2-3-9(5-6-12)11(10)15-8-7-13/h2-4H,5-6,8,12H2,1H3. The summed E-state index contributed by atoms with van der Waals surface area (Å²) >= 11 is 0. The van der Waals surface area contributed by atoms with Crippen molar-refractivity contribution in [2.45, 2.75) is 6.42 Å². The molecule has 0 fully saturated rings. The molecule has 1 rings (SSSR count). The monoisotopic (exact) mass is 206 g/mol. The highest BCUT2D eigenvalue weighted by atomic mass is 16.5. The van der Waals surface area contributed by atoms with Gasteiger partial charge in [0.25, 0.3) is 0 Å². The van der Waals surface area contributed by atoms with Gasteiger partial charge in [-0.2, -0.15) is 5.26 Å². The fraction of sp³-hybridized carbons (Fsp3) is 0.364. The number of hydrogen-bond acceptors (Lipinski definition) is 4. The Morgan fingerprint density at radius 3 is 2.87 bits per heavy atom. The lowest BCUT2D eigenvalue weighted by Gasteiger charge is -2.12. The third-order valence-electron chi connectivity index (χ3n) is 1.98. The molecule has 0 saturated carbocycles. The zero-order valence-electron chi connectivity index (χ0n) is 8.69. The van der Waals surface area contributed by atoms with Crippen LogP contribution < -0.4 is 15.2 Å². The SMILES string of the molecule is COc1cccc(CCN)c1OCC#N. The lowest BCUT2D eigenvalue weighted by molar-refractivity contribution is 0.326. The second-order valence-corrected chi connectivity index (χ2v) is 2.93. The van der Waals surface area contributed by atoms with Gasteiger partial charge in [-0.25, -0.2) is 0 Å². The number of para-hydroxylation sites is 1. The van der Waals surface area contributed by atoms with E-state index in [2.05, 4.69) is 0 Å². The van der Waals surface area contributed by atoms with E-state index in [1.807, 2.05) is 18.2 Å². The summed E-state index contributed by atoms with van der Waals surface area (Å²) < 4.78 is 10.5. The van der Waals surface area contributed by atoms with Crippen LogP contribution in [0.4, 0.5) is 0 Å². The molecule has 2 N–H and O–H groups in total. The van der Waals surface area contributed by atoms with Crippen molar-refractivity contribution in [2.24, 2.45) is 5.73 Å². The summed E-state index contributed by atoms with van der Waals surface area (Å²) in [7, 11) is 1.57. The largest absolute Gasteiger partial charge is 0.493 e. The second-order valence-electron chi connectivity index (χ2n) is 2.93. The summed E-state index contributed by atoms with van der Waals surface area (Å²) in [6.45, 7) is 0.550. The lowest BCUT2D eigenvalue weighted by atomic mass is 10.1. The van der Waals surface area contributed by atoms with Gasteiger partial charge in [-0.3, -0.25) is 0 Å². The van der Waals surface area contributed by atoms with Crippen LogP contribution in [0, 0.1) is 11.3 Å². The molecular weight excluding hydrogens is 192 g/mol. The first-order valence-electron chi connectivity index (χ1n) is 4.69. The van der Waals surface area contributed by atoms with Gasteiger partial charge in [-0.1, -0.05) is 12.1 Å². The summed E-state index contributed by atoms with van der Waals surface area (Å²) in [5.74, 6) is 1.25. The smallest absolute Gasteiger partial charge is 0.174 e. The van der Waals surface area contributed by atoms with E-state index < -0.39 is 0 Å². The van der Waals surface area contributed by atoms with Crippen LogP contribution in [-0.2, 0) is 6.42 Å². The molecule has 4 heteroatoms. The minimum atomic E-state index is 0.0118. The van der Waals surface area contributed by atoms with E-state index in [9.17, 15) is 0 Å². The molecule has 0 aliphatic heterocycles. The average molecular weight is 206 g/mol. The number of nitriles is 1. The van der Waals surface area contributed by atoms with Crippen LogP contribution >= 0.6 is 0 Å². The fourth-order valence-corrected chi connectivity index (χ4v) is 1.34. The summed E-state index contributed by atoms with van der Waals surface area (Å²) in [5.41, 5.74) is 6.45. The molecular formula is C11H14N2O2. The van der Waals surface area contributed by atoms with Gasteiger partial charge in [0.1, 0.15) is 6.07 Å². The number of rotatable bonds is 5. The topological polar surface area (TPSA) is 68.3 Å². The Hall–Kier alpha value is -1.73. The average Bonchev–Trinajstić information content (AvgIpc) is 2.27. The maximum Gasteiger partial charge on any atom is 0.174 e. The highest BCUT2D eigenvalue weighted by Crippen LogP contribution is 2.31. The van der Waals surface area contributed by atoms with E-state index in [1.165, 1.54) is 0 Å². The molecule has 0 aliphatic rings. The minimum Gasteiger partial charge on any atom is -0.493 e. The number of methoxy groups -OCH3 is 1. The number of nitrogens with two attached hydrogens (primary N) is 1. The van der Waals surface area contributed by atoms with Crippen LogP contribution in [-0.4, -0.2) is 20.3 Å². The van der Waals surface area contributed by atoms with E-state index in [-0.39, 0.29) is 6.61 Å². The fourth-order valence-electron chi connectivity index (χ4n) is 1.34. The molecule has 0 aromatic heterocycles. The number of hydrogen-bond donors (Lipinski definition) is 1. The molecule has 0 unspecified atom stereocenters. The summed E-state index contributed by atoms with van der Waals surface area (Å²) in [5, 5.41) is 8.47. The van der Waals surface area contributed by atoms with Gasteiger partial charge >= 0.3 is 0 Å². The van der Waals surface area contributed by atoms with Crippen LogP contribution in [0.3, 0.4) is 0 Å². The van der Waals surface area contributed by atoms with E-state index in [4.69, 9.17) is 20.5 Å². The quantitative estimate of drug-likeness (QED) is 0.783. The molecule has 0 saturated heterocycles. The molecule has 0 atom stereocenters. The van der Waals surface area contributed by atoms with Gasteiger partial charge in [0.2, 0.25) is 0 Å².